The minimum absolute atomic E-state index is 0.163. The van der Waals surface area contributed by atoms with Crippen LogP contribution in [0.1, 0.15) is 22.3 Å². The Morgan fingerprint density at radius 2 is 0.658 bits per heavy atom. The standard InChI is InChI=1S/C66H34F3N7/c1-73-53-22-14-45(15-23-53)50-20-28-57-55-26-18-48(43-10-6-40(37-70)7-11-43)31-59(55)75(61(57)33-50)63-35-52(47-5-3-4-42(30-47)39-72)36-64(65(63)66(67,68)69)76-60-32-49(44-12-8-41(38-71)9-13-44)19-27-56(60)58-29-21-51(34-62(58)76)46-16-24-54(74-2)25-17-46/h3-36H. The van der Waals surface area contributed by atoms with Crippen LogP contribution in [-0.4, -0.2) is 9.13 Å². The highest BCUT2D eigenvalue weighted by Crippen LogP contribution is 2.48. The minimum atomic E-state index is -5.00. The number of hydrogen-bond donors (Lipinski definition) is 0. The van der Waals surface area contributed by atoms with Crippen molar-refractivity contribution in [2.24, 2.45) is 0 Å². The van der Waals surface area contributed by atoms with E-state index in [1.54, 1.807) is 94.1 Å². The van der Waals surface area contributed by atoms with Crippen LogP contribution in [0.25, 0.3) is 120 Å². The number of fused-ring (bicyclic) bond motifs is 6. The van der Waals surface area contributed by atoms with Gasteiger partial charge < -0.3 is 9.13 Å². The molecule has 0 saturated carbocycles. The number of hydrogen-bond acceptors (Lipinski definition) is 3. The first-order chi connectivity index (χ1) is 37.0. The fourth-order valence-corrected chi connectivity index (χ4v) is 10.4. The summed E-state index contributed by atoms with van der Waals surface area (Å²) in [7, 11) is 0. The minimum Gasteiger partial charge on any atom is -0.308 e. The smallest absolute Gasteiger partial charge is 0.308 e. The van der Waals surface area contributed by atoms with E-state index in [2.05, 4.69) is 27.9 Å². The summed E-state index contributed by atoms with van der Waals surface area (Å²) in [5, 5.41) is 32.2. The van der Waals surface area contributed by atoms with Crippen LogP contribution in [0.15, 0.2) is 206 Å². The highest BCUT2D eigenvalue weighted by atomic mass is 19.4. The highest BCUT2D eigenvalue weighted by Gasteiger charge is 2.40. The molecule has 0 saturated heterocycles. The molecule has 0 radical (unpaired) electrons. The lowest BCUT2D eigenvalue weighted by Gasteiger charge is -2.23. The molecule has 0 aliphatic carbocycles. The fourth-order valence-electron chi connectivity index (χ4n) is 10.4. The van der Waals surface area contributed by atoms with Crippen molar-refractivity contribution < 1.29 is 13.2 Å². The molecule has 0 unspecified atom stereocenters. The number of nitriles is 3. The van der Waals surface area contributed by atoms with Crippen molar-refractivity contribution >= 4 is 55.0 Å². The van der Waals surface area contributed by atoms with Gasteiger partial charge in [0.25, 0.3) is 0 Å². The molecular formula is C66H34F3N7. The van der Waals surface area contributed by atoms with Gasteiger partial charge in [-0.15, -0.1) is 0 Å². The molecule has 0 N–H and O–H groups in total. The largest absolute Gasteiger partial charge is 0.420 e. The normalized spacial score (nSPS) is 11.3. The number of nitrogens with zero attached hydrogens (tertiary/aromatic N) is 7. The fraction of sp³-hybridized carbons (Fsp3) is 0.0152. The van der Waals surface area contributed by atoms with Gasteiger partial charge in [0.1, 0.15) is 5.56 Å². The first kappa shape index (κ1) is 46.1. The zero-order valence-corrected chi connectivity index (χ0v) is 39.9. The second kappa shape index (κ2) is 18.3. The molecule has 2 heterocycles. The topological polar surface area (TPSA) is 90.0 Å². The molecule has 10 aromatic carbocycles. The number of aromatic nitrogens is 2. The van der Waals surface area contributed by atoms with Crippen LogP contribution in [0, 0.1) is 47.1 Å². The zero-order valence-electron chi connectivity index (χ0n) is 39.9. The van der Waals surface area contributed by atoms with Crippen LogP contribution in [0.4, 0.5) is 24.5 Å². The Bertz CT molecular complexity index is 4100. The Kier molecular flexibility index (Phi) is 11.1. The van der Waals surface area contributed by atoms with Gasteiger partial charge in [0, 0.05) is 21.5 Å². The van der Waals surface area contributed by atoms with Crippen molar-refractivity contribution in [1.29, 1.82) is 15.8 Å². The summed E-state index contributed by atoms with van der Waals surface area (Å²) in [6, 6.07) is 67.8. The molecular weight excluding hydrogens is 948 g/mol. The quantitative estimate of drug-likeness (QED) is 0.149. The molecule has 12 rings (SSSR count). The lowest BCUT2D eigenvalue weighted by atomic mass is 9.97. The molecule has 0 amide bonds. The third-order valence-electron chi connectivity index (χ3n) is 14.1. The van der Waals surface area contributed by atoms with E-state index in [9.17, 15) is 15.8 Å². The predicted molar refractivity (Wildman–Crippen MR) is 294 cm³/mol. The maximum absolute atomic E-state index is 17.2. The van der Waals surface area contributed by atoms with E-state index in [1.165, 1.54) is 0 Å². The van der Waals surface area contributed by atoms with Crippen molar-refractivity contribution in [1.82, 2.24) is 9.13 Å². The van der Waals surface area contributed by atoms with Crippen LogP contribution in [0.3, 0.4) is 0 Å². The Morgan fingerprint density at radius 1 is 0.342 bits per heavy atom. The maximum atomic E-state index is 17.2. The molecule has 354 valence electrons. The van der Waals surface area contributed by atoms with E-state index in [0.29, 0.717) is 82.8 Å². The monoisotopic (exact) mass is 981 g/mol. The van der Waals surface area contributed by atoms with Gasteiger partial charge in [0.15, 0.2) is 11.4 Å². The van der Waals surface area contributed by atoms with E-state index in [4.69, 9.17) is 13.1 Å². The van der Waals surface area contributed by atoms with Crippen LogP contribution >= 0.6 is 0 Å². The van der Waals surface area contributed by atoms with Crippen LogP contribution in [0.2, 0.25) is 0 Å². The zero-order chi connectivity index (χ0) is 52.2. The van der Waals surface area contributed by atoms with Crippen molar-refractivity contribution in [2.45, 2.75) is 6.18 Å². The van der Waals surface area contributed by atoms with Gasteiger partial charge in [-0.2, -0.15) is 29.0 Å². The van der Waals surface area contributed by atoms with Gasteiger partial charge in [0.05, 0.1) is 81.5 Å². The Labute approximate surface area is 433 Å². The SMILES string of the molecule is [C-]#[N+]c1ccc(-c2ccc3c4ccc(-c5ccc(C#N)cc5)cc4n(-c4cc(-c5cccc(C#N)c5)cc(-n5c6cc(-c7ccc(C#N)cc7)ccc6c6ccc(-c7ccc([N+]#[C-])cc7)cc65)c4C(F)(F)F)c3c2)cc1. The van der Waals surface area contributed by atoms with Crippen LogP contribution in [-0.2, 0) is 6.18 Å². The van der Waals surface area contributed by atoms with Crippen molar-refractivity contribution in [2.75, 3.05) is 0 Å². The third kappa shape index (κ3) is 7.92. The van der Waals surface area contributed by atoms with Crippen molar-refractivity contribution in [3.05, 3.63) is 251 Å². The summed E-state index contributed by atoms with van der Waals surface area (Å²) in [5.41, 5.74) is 9.79. The summed E-state index contributed by atoms with van der Waals surface area (Å²) in [6.07, 6.45) is -5.00. The highest BCUT2D eigenvalue weighted by molar-refractivity contribution is 6.13. The van der Waals surface area contributed by atoms with E-state index in [1.807, 2.05) is 121 Å². The van der Waals surface area contributed by atoms with Crippen LogP contribution < -0.4 is 0 Å². The molecule has 0 bridgehead atoms. The maximum Gasteiger partial charge on any atom is 0.420 e. The Morgan fingerprint density at radius 3 is 0.974 bits per heavy atom. The van der Waals surface area contributed by atoms with Gasteiger partial charge in [-0.3, -0.25) is 0 Å². The van der Waals surface area contributed by atoms with Crippen molar-refractivity contribution in [3.63, 3.8) is 0 Å². The Hall–Kier alpha value is -11.0. The van der Waals surface area contributed by atoms with Gasteiger partial charge in [-0.05, 0) is 128 Å². The molecule has 0 aliphatic rings. The summed E-state index contributed by atoms with van der Waals surface area (Å²) >= 11 is 0. The lowest BCUT2D eigenvalue weighted by molar-refractivity contribution is -0.137. The van der Waals surface area contributed by atoms with Crippen molar-refractivity contribution in [3.8, 4) is 85.2 Å². The molecule has 0 spiro atoms. The van der Waals surface area contributed by atoms with Gasteiger partial charge in [-0.25, -0.2) is 9.69 Å². The molecule has 76 heavy (non-hydrogen) atoms. The molecule has 10 heteroatoms. The molecule has 0 atom stereocenters. The van der Waals surface area contributed by atoms with E-state index in [0.717, 1.165) is 44.5 Å². The van der Waals surface area contributed by atoms with Gasteiger partial charge >= 0.3 is 6.18 Å². The first-order valence-electron chi connectivity index (χ1n) is 23.9. The number of rotatable bonds is 7. The number of halogens is 3. The first-order valence-corrected chi connectivity index (χ1v) is 23.9. The molecule has 0 aliphatic heterocycles. The summed E-state index contributed by atoms with van der Waals surface area (Å²) in [5.74, 6) is 0. The average molecular weight is 982 g/mol. The van der Waals surface area contributed by atoms with E-state index >= 15 is 13.2 Å². The molecule has 7 nitrogen and oxygen atoms in total. The molecule has 2 aromatic heterocycles. The second-order valence-corrected chi connectivity index (χ2v) is 18.4. The molecule has 0 fully saturated rings. The Balaban J connectivity index is 1.24. The third-order valence-corrected chi connectivity index (χ3v) is 14.1. The summed E-state index contributed by atoms with van der Waals surface area (Å²) in [4.78, 5) is 7.12. The lowest BCUT2D eigenvalue weighted by Crippen LogP contribution is -2.16. The van der Waals surface area contributed by atoms with E-state index in [-0.39, 0.29) is 11.4 Å². The van der Waals surface area contributed by atoms with Gasteiger partial charge in [0.2, 0.25) is 0 Å². The van der Waals surface area contributed by atoms with Crippen LogP contribution in [0.5, 0.6) is 0 Å². The second-order valence-electron chi connectivity index (χ2n) is 18.4. The molecule has 12 aromatic rings. The summed E-state index contributed by atoms with van der Waals surface area (Å²) in [6.45, 7) is 15.1. The average Bonchev–Trinajstić information content (AvgIpc) is 4.00. The number of alkyl halides is 3. The van der Waals surface area contributed by atoms with E-state index < -0.39 is 11.7 Å². The predicted octanol–water partition coefficient (Wildman–Crippen LogP) is 18.0. The number of benzene rings is 10. The summed E-state index contributed by atoms with van der Waals surface area (Å²) < 4.78 is 55.1. The van der Waals surface area contributed by atoms with Gasteiger partial charge in [-0.1, -0.05) is 133 Å².